The van der Waals surface area contributed by atoms with E-state index in [1.807, 2.05) is 0 Å². The van der Waals surface area contributed by atoms with Crippen LogP contribution in [0.4, 0.5) is 5.95 Å². The van der Waals surface area contributed by atoms with E-state index in [0.29, 0.717) is 12.3 Å². The van der Waals surface area contributed by atoms with Gasteiger partial charge in [0.1, 0.15) is 43.8 Å². The van der Waals surface area contributed by atoms with Crippen LogP contribution in [-0.2, 0) is 22.6 Å². The van der Waals surface area contributed by atoms with Gasteiger partial charge in [-0.05, 0) is 68.4 Å². The molecule has 31 heavy (non-hydrogen) atoms. The molecule has 6 nitrogen and oxygen atoms in total. The Hall–Kier alpha value is -1.92. The molecule has 166 valence electrons. The van der Waals surface area contributed by atoms with Crippen LogP contribution in [0.5, 0.6) is 0 Å². The first-order valence-corrected chi connectivity index (χ1v) is 12.3. The fraction of sp³-hybridized carbons (Fsp3) is 0.680. The summed E-state index contributed by atoms with van der Waals surface area (Å²) in [6, 6.07) is 8.40. The van der Waals surface area contributed by atoms with Gasteiger partial charge in [-0.2, -0.15) is 0 Å². The first-order valence-electron chi connectivity index (χ1n) is 12.3. The molecule has 4 bridgehead atoms. The molecule has 0 atom stereocenters. The smallest absolute Gasteiger partial charge is 0.356 e. The number of hydrogen-bond donors (Lipinski definition) is 2. The van der Waals surface area contributed by atoms with E-state index in [4.69, 9.17) is 10.5 Å². The number of anilines is 1. The number of hydrogen-bond acceptors (Lipinski definition) is 3. The van der Waals surface area contributed by atoms with Crippen LogP contribution in [0.2, 0.25) is 0 Å². The monoisotopic (exact) mass is 424 g/mol. The van der Waals surface area contributed by atoms with Crippen molar-refractivity contribution >= 4 is 22.8 Å². The van der Waals surface area contributed by atoms with Gasteiger partial charge in [0.2, 0.25) is 0 Å². The lowest BCUT2D eigenvalue weighted by molar-refractivity contribution is -0.908. The summed E-state index contributed by atoms with van der Waals surface area (Å²) < 4.78 is 9.83. The van der Waals surface area contributed by atoms with Crippen LogP contribution in [0.3, 0.4) is 0 Å². The van der Waals surface area contributed by atoms with Crippen LogP contribution >= 0.6 is 0 Å². The number of imidazole rings is 1. The number of quaternary nitrogens is 1. The predicted octanol–water partition coefficient (Wildman–Crippen LogP) is 1.21. The Morgan fingerprint density at radius 3 is 2.42 bits per heavy atom. The van der Waals surface area contributed by atoms with Crippen molar-refractivity contribution in [3.8, 4) is 0 Å². The minimum absolute atomic E-state index is 0.0741. The van der Waals surface area contributed by atoms with Gasteiger partial charge in [-0.1, -0.05) is 12.1 Å². The lowest BCUT2D eigenvalue weighted by Gasteiger charge is -2.55. The fourth-order valence-corrected chi connectivity index (χ4v) is 7.66. The molecule has 1 aliphatic heterocycles. The van der Waals surface area contributed by atoms with Gasteiger partial charge < -0.3 is 9.64 Å². The molecule has 0 spiro atoms. The van der Waals surface area contributed by atoms with E-state index in [9.17, 15) is 4.79 Å². The molecule has 3 N–H and O–H groups in total. The standard InChI is InChI=1S/C25H34N4O2/c26-24-28(6-5-27-7-9-31-10-8-27)21-3-1-2-4-22(21)29(24)17-23(30)25-14-18-11-19(15-25)13-20(12-18)16-25/h1-4,18-20,26H,5-17H2/p+2. The number of para-hydroxylation sites is 2. The van der Waals surface area contributed by atoms with Gasteiger partial charge in [0.05, 0.1) is 13.2 Å². The fourth-order valence-electron chi connectivity index (χ4n) is 7.66. The highest BCUT2D eigenvalue weighted by Gasteiger charge is 2.54. The topological polar surface area (TPSA) is 65.6 Å². The number of morpholine rings is 1. The number of carbonyl (C=O) groups is 1. The molecule has 4 saturated carbocycles. The maximum absolute atomic E-state index is 13.8. The second-order valence-corrected chi connectivity index (χ2v) is 10.8. The van der Waals surface area contributed by atoms with Crippen molar-refractivity contribution in [3.63, 3.8) is 0 Å². The summed E-state index contributed by atoms with van der Waals surface area (Å²) in [7, 11) is 0. The predicted molar refractivity (Wildman–Crippen MR) is 119 cm³/mol. The van der Waals surface area contributed by atoms with Gasteiger partial charge in [0.15, 0.2) is 5.78 Å². The Balaban J connectivity index is 1.27. The molecule has 2 heterocycles. The lowest BCUT2D eigenvalue weighted by atomic mass is 9.48. The maximum atomic E-state index is 13.8. The van der Waals surface area contributed by atoms with Gasteiger partial charge in [0.25, 0.3) is 0 Å². The molecular formula is C25H36N4O2+2. The number of nitrogens with zero attached hydrogens (tertiary/aromatic N) is 2. The second kappa shape index (κ2) is 7.59. The normalized spacial score (nSPS) is 32.7. The number of Topliss-reactive ketones (excluding diaryl/α,β-unsaturated/α-hetero) is 1. The second-order valence-electron chi connectivity index (χ2n) is 10.8. The summed E-state index contributed by atoms with van der Waals surface area (Å²) in [4.78, 5) is 15.3. The van der Waals surface area contributed by atoms with Crippen molar-refractivity contribution in [2.45, 2.75) is 51.6 Å². The molecule has 6 heteroatoms. The van der Waals surface area contributed by atoms with Gasteiger partial charge in [-0.15, -0.1) is 0 Å². The number of rotatable bonds is 6. The third-order valence-corrected chi connectivity index (χ3v) is 8.84. The van der Waals surface area contributed by atoms with Crippen molar-refractivity contribution in [1.29, 1.82) is 0 Å². The molecule has 5 aliphatic rings. The van der Waals surface area contributed by atoms with E-state index in [1.54, 1.807) is 4.90 Å². The van der Waals surface area contributed by atoms with Crippen LogP contribution in [0.1, 0.15) is 38.5 Å². The molecular weight excluding hydrogens is 388 g/mol. The Morgan fingerprint density at radius 1 is 1.10 bits per heavy atom. The number of nitrogens with two attached hydrogens (primary N) is 1. The molecule has 1 aromatic carbocycles. The Bertz CT molecular complexity index is 956. The van der Waals surface area contributed by atoms with E-state index in [-0.39, 0.29) is 5.41 Å². The quantitative estimate of drug-likeness (QED) is 0.685. The minimum Gasteiger partial charge on any atom is -0.370 e. The third-order valence-electron chi connectivity index (χ3n) is 8.84. The zero-order chi connectivity index (χ0) is 21.0. The average Bonchev–Trinajstić information content (AvgIpc) is 3.03. The first-order chi connectivity index (χ1) is 15.1. The lowest BCUT2D eigenvalue weighted by Crippen LogP contribution is -3.14. The number of ketones is 1. The summed E-state index contributed by atoms with van der Waals surface area (Å²) in [6.07, 6.45) is 7.47. The summed E-state index contributed by atoms with van der Waals surface area (Å²) in [5, 5.41) is 0. The highest BCUT2D eigenvalue weighted by molar-refractivity contribution is 5.85. The zero-order valence-corrected chi connectivity index (χ0v) is 18.5. The van der Waals surface area contributed by atoms with E-state index in [1.165, 1.54) is 19.3 Å². The number of nitrogens with one attached hydrogen (secondary N) is 1. The number of nitrogen functional groups attached to an aromatic ring is 1. The van der Waals surface area contributed by atoms with E-state index < -0.39 is 0 Å². The maximum Gasteiger partial charge on any atom is 0.356 e. The zero-order valence-electron chi connectivity index (χ0n) is 18.5. The summed E-state index contributed by atoms with van der Waals surface area (Å²) in [5.41, 5.74) is 8.87. The van der Waals surface area contributed by atoms with Crippen molar-refractivity contribution in [1.82, 2.24) is 4.57 Å². The first kappa shape index (κ1) is 19.7. The van der Waals surface area contributed by atoms with E-state index in [2.05, 4.69) is 33.4 Å². The van der Waals surface area contributed by atoms with Crippen LogP contribution in [-0.4, -0.2) is 43.2 Å². The van der Waals surface area contributed by atoms with Gasteiger partial charge in [-0.3, -0.25) is 10.5 Å². The molecule has 7 rings (SSSR count). The number of benzene rings is 1. The number of aromatic nitrogens is 2. The van der Waals surface area contributed by atoms with Crippen LogP contribution in [0.25, 0.3) is 11.0 Å². The van der Waals surface area contributed by atoms with E-state index in [0.717, 1.165) is 93.4 Å². The Kier molecular flexibility index (Phi) is 4.83. The molecule has 5 fully saturated rings. The van der Waals surface area contributed by atoms with Gasteiger partial charge in [0, 0.05) is 5.41 Å². The Morgan fingerprint density at radius 2 is 1.74 bits per heavy atom. The molecule has 0 radical (unpaired) electrons. The van der Waals surface area contributed by atoms with Gasteiger partial charge in [-0.25, -0.2) is 9.13 Å². The molecule has 4 aliphatic carbocycles. The van der Waals surface area contributed by atoms with Gasteiger partial charge >= 0.3 is 5.95 Å². The number of fused-ring (bicyclic) bond motifs is 1. The van der Waals surface area contributed by atoms with E-state index >= 15 is 0 Å². The van der Waals surface area contributed by atoms with Crippen LogP contribution in [0.15, 0.2) is 24.3 Å². The number of ether oxygens (including phenoxy) is 1. The molecule has 1 saturated heterocycles. The molecule has 0 unspecified atom stereocenters. The molecule has 1 aromatic heterocycles. The SMILES string of the molecule is Nc1n(CC[NH+]2CCOCC2)c2ccccc2[n+]1CC(=O)C12CC3CC(CC(C3)C1)C2. The summed E-state index contributed by atoms with van der Waals surface area (Å²) >= 11 is 0. The minimum atomic E-state index is -0.0741. The summed E-state index contributed by atoms with van der Waals surface area (Å²) in [5.74, 6) is 3.53. The Labute approximate surface area is 184 Å². The third kappa shape index (κ3) is 3.39. The highest BCUT2D eigenvalue weighted by atomic mass is 16.5. The van der Waals surface area contributed by atoms with Crippen LogP contribution < -0.4 is 15.2 Å². The van der Waals surface area contributed by atoms with Crippen LogP contribution in [0, 0.1) is 23.2 Å². The molecule has 0 amide bonds. The summed E-state index contributed by atoms with van der Waals surface area (Å²) in [6.45, 7) is 6.14. The van der Waals surface area contributed by atoms with Crippen molar-refractivity contribution < 1.29 is 19.0 Å². The van der Waals surface area contributed by atoms with Crippen molar-refractivity contribution in [2.75, 3.05) is 38.6 Å². The molecule has 2 aromatic rings. The van der Waals surface area contributed by atoms with Crippen molar-refractivity contribution in [3.05, 3.63) is 24.3 Å². The number of carbonyl (C=O) groups excluding carboxylic acids is 1. The largest absolute Gasteiger partial charge is 0.370 e. The highest BCUT2D eigenvalue weighted by Crippen LogP contribution is 2.60. The van der Waals surface area contributed by atoms with Crippen molar-refractivity contribution in [2.24, 2.45) is 23.2 Å². The average molecular weight is 425 g/mol.